The quantitative estimate of drug-likeness (QED) is 0.708. The first-order valence-electron chi connectivity index (χ1n) is 6.46. The third-order valence-corrected chi connectivity index (χ3v) is 4.66. The molecular weight excluding hydrogens is 212 g/mol. The number of allylic oxidation sites excluding steroid dienone is 2. The van der Waals surface area contributed by atoms with Crippen molar-refractivity contribution in [2.24, 2.45) is 17.8 Å². The predicted octanol–water partition coefficient (Wildman–Crippen LogP) is 2.88. The van der Waals surface area contributed by atoms with Gasteiger partial charge >= 0.3 is 0 Å². The van der Waals surface area contributed by atoms with Crippen molar-refractivity contribution in [1.82, 2.24) is 0 Å². The SMILES string of the molecule is C=C(C)[C@@H]1CC[C@H](C)[C@@H]2C(=O)C=C(C)[C@]2(O)C1. The molecule has 0 amide bonds. The molecule has 2 nitrogen and oxygen atoms in total. The summed E-state index contributed by atoms with van der Waals surface area (Å²) in [5, 5.41) is 10.9. The minimum Gasteiger partial charge on any atom is -0.385 e. The summed E-state index contributed by atoms with van der Waals surface area (Å²) in [6.45, 7) is 10.0. The van der Waals surface area contributed by atoms with Gasteiger partial charge < -0.3 is 5.11 Å². The summed E-state index contributed by atoms with van der Waals surface area (Å²) < 4.78 is 0. The van der Waals surface area contributed by atoms with E-state index in [2.05, 4.69) is 13.5 Å². The van der Waals surface area contributed by atoms with Gasteiger partial charge in [0.05, 0.1) is 11.5 Å². The van der Waals surface area contributed by atoms with Crippen molar-refractivity contribution in [2.45, 2.75) is 45.6 Å². The first-order chi connectivity index (χ1) is 7.86. The van der Waals surface area contributed by atoms with E-state index in [0.717, 1.165) is 24.0 Å². The highest BCUT2D eigenvalue weighted by atomic mass is 16.3. The average molecular weight is 234 g/mol. The second kappa shape index (κ2) is 4.09. The number of carbonyl (C=O) groups excluding carboxylic acids is 1. The van der Waals surface area contributed by atoms with Gasteiger partial charge in [-0.3, -0.25) is 4.79 Å². The first-order valence-corrected chi connectivity index (χ1v) is 6.46. The average Bonchev–Trinajstić information content (AvgIpc) is 2.37. The van der Waals surface area contributed by atoms with Crippen LogP contribution in [0.2, 0.25) is 0 Å². The van der Waals surface area contributed by atoms with Crippen LogP contribution in [0.4, 0.5) is 0 Å². The van der Waals surface area contributed by atoms with Gasteiger partial charge in [0, 0.05) is 0 Å². The van der Waals surface area contributed by atoms with Crippen LogP contribution in [0.5, 0.6) is 0 Å². The van der Waals surface area contributed by atoms with E-state index in [-0.39, 0.29) is 17.6 Å². The topological polar surface area (TPSA) is 37.3 Å². The fraction of sp³-hybridized carbons (Fsp3) is 0.667. The normalized spacial score (nSPS) is 41.8. The lowest BCUT2D eigenvalue weighted by atomic mass is 9.75. The van der Waals surface area contributed by atoms with Crippen molar-refractivity contribution >= 4 is 5.78 Å². The van der Waals surface area contributed by atoms with Crippen LogP contribution >= 0.6 is 0 Å². The van der Waals surface area contributed by atoms with Gasteiger partial charge in [0.25, 0.3) is 0 Å². The second-order valence-corrected chi connectivity index (χ2v) is 5.93. The fourth-order valence-electron chi connectivity index (χ4n) is 3.48. The molecule has 94 valence electrons. The Balaban J connectivity index is 2.38. The summed E-state index contributed by atoms with van der Waals surface area (Å²) in [5.74, 6) is 0.471. The van der Waals surface area contributed by atoms with Gasteiger partial charge in [0.1, 0.15) is 0 Å². The van der Waals surface area contributed by atoms with Gasteiger partial charge in [-0.1, -0.05) is 19.1 Å². The molecule has 0 aromatic rings. The summed E-state index contributed by atoms with van der Waals surface area (Å²) in [7, 11) is 0. The number of fused-ring (bicyclic) bond motifs is 1. The van der Waals surface area contributed by atoms with Crippen LogP contribution in [-0.4, -0.2) is 16.5 Å². The zero-order valence-corrected chi connectivity index (χ0v) is 11.0. The molecule has 1 fully saturated rings. The van der Waals surface area contributed by atoms with Crippen molar-refractivity contribution in [1.29, 1.82) is 0 Å². The Morgan fingerprint density at radius 2 is 2.18 bits per heavy atom. The van der Waals surface area contributed by atoms with E-state index < -0.39 is 5.60 Å². The molecule has 0 spiro atoms. The van der Waals surface area contributed by atoms with Crippen molar-refractivity contribution in [3.05, 3.63) is 23.8 Å². The van der Waals surface area contributed by atoms with Crippen LogP contribution in [0.3, 0.4) is 0 Å². The number of carbonyl (C=O) groups is 1. The minimum atomic E-state index is -0.920. The lowest BCUT2D eigenvalue weighted by Crippen LogP contribution is -2.41. The molecule has 0 aromatic carbocycles. The summed E-state index contributed by atoms with van der Waals surface area (Å²) in [5.41, 5.74) is 1.04. The lowest BCUT2D eigenvalue weighted by molar-refractivity contribution is -0.125. The van der Waals surface area contributed by atoms with Gasteiger partial charge in [-0.2, -0.15) is 0 Å². The number of aliphatic hydroxyl groups is 1. The summed E-state index contributed by atoms with van der Waals surface area (Å²) in [6.07, 6.45) is 4.33. The minimum absolute atomic E-state index is 0.111. The van der Waals surface area contributed by atoms with Gasteiger partial charge in [-0.05, 0) is 56.6 Å². The molecule has 0 radical (unpaired) electrons. The van der Waals surface area contributed by atoms with E-state index >= 15 is 0 Å². The summed E-state index contributed by atoms with van der Waals surface area (Å²) in [6, 6.07) is 0. The van der Waals surface area contributed by atoms with Crippen LogP contribution in [0, 0.1) is 17.8 Å². The van der Waals surface area contributed by atoms with Crippen LogP contribution in [-0.2, 0) is 4.79 Å². The molecule has 0 saturated heterocycles. The maximum atomic E-state index is 12.0. The molecule has 1 saturated carbocycles. The monoisotopic (exact) mass is 234 g/mol. The van der Waals surface area contributed by atoms with Gasteiger partial charge in [0.2, 0.25) is 0 Å². The molecule has 0 aliphatic heterocycles. The zero-order chi connectivity index (χ0) is 12.8. The highest BCUT2D eigenvalue weighted by Crippen LogP contribution is 2.48. The molecule has 2 rings (SSSR count). The predicted molar refractivity (Wildman–Crippen MR) is 68.5 cm³/mol. The Kier molecular flexibility index (Phi) is 3.03. The van der Waals surface area contributed by atoms with Gasteiger partial charge in [-0.25, -0.2) is 0 Å². The fourth-order valence-corrected chi connectivity index (χ4v) is 3.48. The highest BCUT2D eigenvalue weighted by molar-refractivity contribution is 5.97. The maximum Gasteiger partial charge on any atom is 0.162 e. The van der Waals surface area contributed by atoms with E-state index in [1.165, 1.54) is 0 Å². The molecule has 2 heteroatoms. The Labute approximate surface area is 103 Å². The molecule has 4 atom stereocenters. The molecule has 0 heterocycles. The van der Waals surface area contributed by atoms with E-state index in [9.17, 15) is 9.90 Å². The number of rotatable bonds is 1. The summed E-state index contributed by atoms with van der Waals surface area (Å²) in [4.78, 5) is 12.0. The molecule has 1 N–H and O–H groups in total. The molecular formula is C15H22O2. The Bertz CT molecular complexity index is 394. The maximum absolute atomic E-state index is 12.0. The molecule has 0 bridgehead atoms. The molecule has 17 heavy (non-hydrogen) atoms. The Morgan fingerprint density at radius 1 is 1.53 bits per heavy atom. The smallest absolute Gasteiger partial charge is 0.162 e. The highest BCUT2D eigenvalue weighted by Gasteiger charge is 2.51. The molecule has 2 aliphatic carbocycles. The van der Waals surface area contributed by atoms with Crippen LogP contribution < -0.4 is 0 Å². The molecule has 0 aromatic heterocycles. The van der Waals surface area contributed by atoms with E-state index in [1.807, 2.05) is 13.8 Å². The van der Waals surface area contributed by atoms with E-state index in [0.29, 0.717) is 12.3 Å². The third-order valence-electron chi connectivity index (χ3n) is 4.66. The lowest BCUT2D eigenvalue weighted by Gasteiger charge is -2.34. The van der Waals surface area contributed by atoms with E-state index in [1.54, 1.807) is 6.08 Å². The Hall–Kier alpha value is -0.890. The largest absolute Gasteiger partial charge is 0.385 e. The second-order valence-electron chi connectivity index (χ2n) is 5.93. The van der Waals surface area contributed by atoms with E-state index in [4.69, 9.17) is 0 Å². The molecule has 0 unspecified atom stereocenters. The number of hydrogen-bond donors (Lipinski definition) is 1. The standard InChI is InChI=1S/C15H22O2/c1-9(2)12-6-5-10(3)14-13(16)7-11(4)15(14,17)8-12/h7,10,12,14,17H,1,5-6,8H2,2-4H3/t10-,12+,14+,15+/m0/s1. The van der Waals surface area contributed by atoms with Crippen molar-refractivity contribution in [3.8, 4) is 0 Å². The number of hydrogen-bond acceptors (Lipinski definition) is 2. The molecule has 2 aliphatic rings. The third kappa shape index (κ3) is 1.89. The van der Waals surface area contributed by atoms with Crippen LogP contribution in [0.15, 0.2) is 23.8 Å². The van der Waals surface area contributed by atoms with Crippen LogP contribution in [0.25, 0.3) is 0 Å². The van der Waals surface area contributed by atoms with Crippen LogP contribution in [0.1, 0.15) is 40.0 Å². The van der Waals surface area contributed by atoms with Crippen molar-refractivity contribution < 1.29 is 9.90 Å². The Morgan fingerprint density at radius 3 is 2.76 bits per heavy atom. The van der Waals surface area contributed by atoms with Crippen molar-refractivity contribution in [2.75, 3.05) is 0 Å². The van der Waals surface area contributed by atoms with Gasteiger partial charge in [0.15, 0.2) is 5.78 Å². The summed E-state index contributed by atoms with van der Waals surface area (Å²) >= 11 is 0. The van der Waals surface area contributed by atoms with Gasteiger partial charge in [-0.15, -0.1) is 0 Å². The first kappa shape index (κ1) is 12.6. The van der Waals surface area contributed by atoms with Crippen molar-refractivity contribution in [3.63, 3.8) is 0 Å². The zero-order valence-electron chi connectivity index (χ0n) is 11.0. The number of ketones is 1.